The van der Waals surface area contributed by atoms with Gasteiger partial charge in [-0.1, -0.05) is 0 Å². The number of rotatable bonds is 0. The van der Waals surface area contributed by atoms with Gasteiger partial charge in [0, 0.05) is 0 Å². The molecule has 0 atom stereocenters. The second kappa shape index (κ2) is 250. The van der Waals surface area contributed by atoms with Crippen LogP contribution < -0.4 is 0 Å². The molecule has 0 unspecified atom stereocenters. The van der Waals surface area contributed by atoms with E-state index in [9.17, 15) is 0 Å². The molecule has 0 heterocycles. The van der Waals surface area contributed by atoms with Crippen LogP contribution in [0.5, 0.6) is 0 Å². The SMILES string of the molecule is [Be+2].[Be+2].[O-2].[O-2]. The summed E-state index contributed by atoms with van der Waals surface area (Å²) in [5.41, 5.74) is 0. The van der Waals surface area contributed by atoms with Crippen molar-refractivity contribution in [3.05, 3.63) is 0 Å². The van der Waals surface area contributed by atoms with E-state index >= 15 is 0 Å². The standard InChI is InChI=1S/2Be.2O/q2*+2;2*-2. The third-order valence-electron chi connectivity index (χ3n) is 0. The summed E-state index contributed by atoms with van der Waals surface area (Å²) in [6.45, 7) is 0. The van der Waals surface area contributed by atoms with E-state index in [2.05, 4.69) is 0 Å². The maximum Gasteiger partial charge on any atom is 2.00 e. The Hall–Kier alpha value is 0.258. The second-order valence-electron chi connectivity index (χ2n) is 0. The maximum absolute atomic E-state index is 0. The van der Waals surface area contributed by atoms with Crippen molar-refractivity contribution >= 4 is 20.2 Å². The van der Waals surface area contributed by atoms with Crippen molar-refractivity contribution in [3.8, 4) is 0 Å². The van der Waals surface area contributed by atoms with Crippen molar-refractivity contribution in [2.45, 2.75) is 0 Å². The molecule has 0 bridgehead atoms. The Morgan fingerprint density at radius 1 is 0.500 bits per heavy atom. The Labute approximate surface area is 32.3 Å². The molecule has 16 valence electrons. The van der Waals surface area contributed by atoms with Gasteiger partial charge in [-0.2, -0.15) is 0 Å². The van der Waals surface area contributed by atoms with Crippen molar-refractivity contribution < 1.29 is 11.0 Å². The van der Waals surface area contributed by atoms with Crippen molar-refractivity contribution in [1.82, 2.24) is 0 Å². The van der Waals surface area contributed by atoms with E-state index in [4.69, 9.17) is 0 Å². The van der Waals surface area contributed by atoms with Crippen LogP contribution in [-0.2, 0) is 11.0 Å². The Bertz CT molecular complexity index is 4.00. The van der Waals surface area contributed by atoms with Gasteiger partial charge in [0.05, 0.1) is 0 Å². The molecule has 0 fully saturated rings. The molecule has 0 aliphatic rings. The van der Waals surface area contributed by atoms with Crippen molar-refractivity contribution in [2.75, 3.05) is 0 Å². The number of hydrogen-bond acceptors (Lipinski definition) is 0. The molecule has 0 aliphatic heterocycles. The van der Waals surface area contributed by atoms with Crippen LogP contribution in [0.2, 0.25) is 0 Å². The van der Waals surface area contributed by atoms with Crippen LogP contribution >= 0.6 is 0 Å². The van der Waals surface area contributed by atoms with E-state index in [1.807, 2.05) is 0 Å². The number of hydrogen-bond donors (Lipinski definition) is 0. The van der Waals surface area contributed by atoms with Crippen LogP contribution in [0.1, 0.15) is 0 Å². The zero-order chi connectivity index (χ0) is 0. The molecule has 0 aliphatic carbocycles. The van der Waals surface area contributed by atoms with Gasteiger partial charge in [-0.15, -0.1) is 0 Å². The van der Waals surface area contributed by atoms with Gasteiger partial charge in [0.2, 0.25) is 0 Å². The van der Waals surface area contributed by atoms with Gasteiger partial charge < -0.3 is 11.0 Å². The summed E-state index contributed by atoms with van der Waals surface area (Å²) >= 11 is 0. The Balaban J connectivity index is 0. The predicted molar refractivity (Wildman–Crippen MR) is 12.9 cm³/mol. The fourth-order valence-corrected chi connectivity index (χ4v) is 0. The first-order chi connectivity index (χ1) is 0. The molecule has 0 saturated heterocycles. The minimum Gasteiger partial charge on any atom is -2.00 e. The summed E-state index contributed by atoms with van der Waals surface area (Å²) in [7, 11) is 0. The minimum absolute atomic E-state index is 0. The normalized spacial score (nSPS) is 0. The molecule has 0 aromatic carbocycles. The van der Waals surface area contributed by atoms with Gasteiger partial charge >= 0.3 is 20.2 Å². The largest absolute Gasteiger partial charge is 2.00 e. The van der Waals surface area contributed by atoms with Crippen LogP contribution in [0.4, 0.5) is 0 Å². The Morgan fingerprint density at radius 2 is 0.500 bits per heavy atom. The Kier molecular flexibility index (Phi) is 42600. The molecular formula is Be2O2. The van der Waals surface area contributed by atoms with E-state index in [1.165, 1.54) is 0 Å². The van der Waals surface area contributed by atoms with Gasteiger partial charge in [-0.05, 0) is 0 Å². The van der Waals surface area contributed by atoms with Crippen LogP contribution in [0, 0.1) is 0 Å². The smallest absolute Gasteiger partial charge is 2.00 e. The molecule has 0 amide bonds. The van der Waals surface area contributed by atoms with Gasteiger partial charge in [0.25, 0.3) is 0 Å². The molecule has 4 heteroatoms. The third kappa shape index (κ3) is 53.8. The average molecular weight is 50.0 g/mol. The van der Waals surface area contributed by atoms with Gasteiger partial charge in [-0.25, -0.2) is 0 Å². The molecule has 0 aromatic rings. The molecule has 0 saturated carbocycles. The zero-order valence-electron chi connectivity index (χ0n) is 2.23. The van der Waals surface area contributed by atoms with E-state index in [0.717, 1.165) is 0 Å². The minimum atomic E-state index is 0. The molecule has 0 radical (unpaired) electrons. The molecule has 4 heavy (non-hydrogen) atoms. The van der Waals surface area contributed by atoms with Crippen LogP contribution in [-0.4, -0.2) is 20.2 Å². The summed E-state index contributed by atoms with van der Waals surface area (Å²) in [4.78, 5) is 0. The first-order valence-electron chi connectivity index (χ1n) is 0. The summed E-state index contributed by atoms with van der Waals surface area (Å²) < 4.78 is 0. The first-order valence-corrected chi connectivity index (χ1v) is 0. The third-order valence-corrected chi connectivity index (χ3v) is 0. The van der Waals surface area contributed by atoms with Gasteiger partial charge in [0.15, 0.2) is 0 Å². The first kappa shape index (κ1) is 681. The van der Waals surface area contributed by atoms with Crippen LogP contribution in [0.15, 0.2) is 0 Å². The quantitative estimate of drug-likeness (QED) is 0.316. The molecule has 0 rings (SSSR count). The van der Waals surface area contributed by atoms with Gasteiger partial charge in [0.1, 0.15) is 0 Å². The fourth-order valence-electron chi connectivity index (χ4n) is 0. The average Bonchev–Trinajstić information content (AvgIpc) is 0. The summed E-state index contributed by atoms with van der Waals surface area (Å²) in [6.07, 6.45) is 0. The Morgan fingerprint density at radius 3 is 0.500 bits per heavy atom. The monoisotopic (exact) mass is 50.0 g/mol. The molecule has 0 N–H and O–H groups in total. The summed E-state index contributed by atoms with van der Waals surface area (Å²) in [5.74, 6) is 0. The van der Waals surface area contributed by atoms with E-state index in [-0.39, 0.29) is 31.2 Å². The molecule has 0 aromatic heterocycles. The zero-order valence-corrected chi connectivity index (χ0v) is 2.23. The van der Waals surface area contributed by atoms with Crippen molar-refractivity contribution in [2.24, 2.45) is 0 Å². The van der Waals surface area contributed by atoms with Crippen LogP contribution in [0.25, 0.3) is 0 Å². The topological polar surface area (TPSA) is 57.0 Å². The second-order valence-corrected chi connectivity index (χ2v) is 0. The summed E-state index contributed by atoms with van der Waals surface area (Å²) in [6, 6.07) is 0. The molecular weight excluding hydrogens is 50.0 g/mol. The van der Waals surface area contributed by atoms with Crippen molar-refractivity contribution in [1.29, 1.82) is 0 Å². The fraction of sp³-hybridized carbons (Fsp3) is 0. The van der Waals surface area contributed by atoms with Gasteiger partial charge in [-0.3, -0.25) is 0 Å². The van der Waals surface area contributed by atoms with Crippen LogP contribution in [0.3, 0.4) is 0 Å². The van der Waals surface area contributed by atoms with E-state index in [1.54, 1.807) is 0 Å². The molecule has 2 nitrogen and oxygen atoms in total. The maximum atomic E-state index is 0. The summed E-state index contributed by atoms with van der Waals surface area (Å²) in [5, 5.41) is 0. The van der Waals surface area contributed by atoms with E-state index in [0.29, 0.717) is 0 Å². The predicted octanol–water partition coefficient (Wildman–Crippen LogP) is -0.999. The molecule has 0 spiro atoms. The van der Waals surface area contributed by atoms with E-state index < -0.39 is 0 Å². The van der Waals surface area contributed by atoms with Crippen molar-refractivity contribution in [3.63, 3.8) is 0 Å².